The highest BCUT2D eigenvalue weighted by Gasteiger charge is 2.16. The summed E-state index contributed by atoms with van der Waals surface area (Å²) in [5.41, 5.74) is 0.922. The Morgan fingerprint density at radius 1 is 1.32 bits per heavy atom. The Labute approximate surface area is 151 Å². The molecule has 3 aromatic rings. The van der Waals surface area contributed by atoms with Crippen LogP contribution in [0.4, 0.5) is 10.1 Å². The van der Waals surface area contributed by atoms with Crippen LogP contribution in [0.2, 0.25) is 0 Å². The van der Waals surface area contributed by atoms with Crippen LogP contribution >= 0.6 is 23.3 Å². The van der Waals surface area contributed by atoms with Crippen LogP contribution in [0.1, 0.15) is 10.4 Å². The Bertz CT molecular complexity index is 900. The van der Waals surface area contributed by atoms with Crippen molar-refractivity contribution in [2.45, 2.75) is 5.03 Å². The standard InChI is InChI=1S/C17H13FN2O3S2/c1-23-14-7-11(17(21)22)12(18)8-13(14)20-25-15-9-24-16(19-15)10-5-3-2-4-6-10/h2-9,20H,1H3,(H,21,22). The maximum Gasteiger partial charge on any atom is 0.338 e. The molecule has 128 valence electrons. The highest BCUT2D eigenvalue weighted by molar-refractivity contribution is 8.00. The van der Waals surface area contributed by atoms with Gasteiger partial charge in [0.2, 0.25) is 0 Å². The molecule has 0 spiro atoms. The molecule has 0 aliphatic rings. The lowest BCUT2D eigenvalue weighted by atomic mass is 10.2. The lowest BCUT2D eigenvalue weighted by molar-refractivity contribution is 0.0691. The molecule has 0 aliphatic heterocycles. The molecule has 0 saturated heterocycles. The first-order valence-corrected chi connectivity index (χ1v) is 8.82. The fourth-order valence-corrected chi connectivity index (χ4v) is 3.69. The van der Waals surface area contributed by atoms with Crippen LogP contribution in [0.5, 0.6) is 5.75 Å². The van der Waals surface area contributed by atoms with E-state index in [1.807, 2.05) is 35.7 Å². The summed E-state index contributed by atoms with van der Waals surface area (Å²) in [6.45, 7) is 0. The van der Waals surface area contributed by atoms with E-state index in [4.69, 9.17) is 9.84 Å². The van der Waals surface area contributed by atoms with Crippen molar-refractivity contribution in [2.75, 3.05) is 11.8 Å². The van der Waals surface area contributed by atoms with Crippen molar-refractivity contribution in [1.29, 1.82) is 0 Å². The summed E-state index contributed by atoms with van der Waals surface area (Å²) in [5.74, 6) is -1.94. The van der Waals surface area contributed by atoms with Gasteiger partial charge in [0.1, 0.15) is 21.6 Å². The molecule has 25 heavy (non-hydrogen) atoms. The largest absolute Gasteiger partial charge is 0.495 e. The number of ether oxygens (including phenoxy) is 1. The third-order valence-electron chi connectivity index (χ3n) is 3.29. The average Bonchev–Trinajstić information content (AvgIpc) is 3.09. The van der Waals surface area contributed by atoms with Crippen LogP contribution < -0.4 is 9.46 Å². The van der Waals surface area contributed by atoms with Gasteiger partial charge in [-0.25, -0.2) is 14.2 Å². The van der Waals surface area contributed by atoms with E-state index < -0.39 is 17.3 Å². The maximum absolute atomic E-state index is 13.9. The summed E-state index contributed by atoms with van der Waals surface area (Å²) < 4.78 is 22.0. The van der Waals surface area contributed by atoms with Gasteiger partial charge in [-0.1, -0.05) is 30.3 Å². The summed E-state index contributed by atoms with van der Waals surface area (Å²) in [7, 11) is 1.39. The molecule has 1 heterocycles. The van der Waals surface area contributed by atoms with E-state index in [2.05, 4.69) is 9.71 Å². The first kappa shape index (κ1) is 17.2. The van der Waals surface area contributed by atoms with E-state index in [9.17, 15) is 9.18 Å². The summed E-state index contributed by atoms with van der Waals surface area (Å²) in [5, 5.41) is 12.4. The second-order valence-corrected chi connectivity index (χ2v) is 6.58. The molecule has 3 rings (SSSR count). The van der Waals surface area contributed by atoms with Gasteiger partial charge < -0.3 is 14.6 Å². The van der Waals surface area contributed by atoms with Gasteiger partial charge in [-0.2, -0.15) is 0 Å². The minimum absolute atomic E-state index is 0.241. The van der Waals surface area contributed by atoms with Gasteiger partial charge in [0, 0.05) is 29.0 Å². The number of rotatable bonds is 6. The van der Waals surface area contributed by atoms with Gasteiger partial charge in [-0.05, 0) is 6.07 Å². The third-order valence-corrected chi connectivity index (χ3v) is 5.07. The number of benzene rings is 2. The predicted molar refractivity (Wildman–Crippen MR) is 96.9 cm³/mol. The monoisotopic (exact) mass is 376 g/mol. The van der Waals surface area contributed by atoms with Crippen LogP contribution in [0.3, 0.4) is 0 Å². The van der Waals surface area contributed by atoms with Gasteiger partial charge >= 0.3 is 5.97 Å². The lowest BCUT2D eigenvalue weighted by Crippen LogP contribution is -2.03. The number of carboxylic acids is 1. The third kappa shape index (κ3) is 3.92. The van der Waals surface area contributed by atoms with Gasteiger partial charge in [0.15, 0.2) is 0 Å². The van der Waals surface area contributed by atoms with Crippen molar-refractivity contribution in [3.63, 3.8) is 0 Å². The molecular formula is C17H13FN2O3S2. The number of thiazole rings is 1. The van der Waals surface area contributed by atoms with Gasteiger partial charge in [-0.3, -0.25) is 0 Å². The minimum Gasteiger partial charge on any atom is -0.495 e. The summed E-state index contributed by atoms with van der Waals surface area (Å²) in [4.78, 5) is 15.5. The highest BCUT2D eigenvalue weighted by atomic mass is 32.2. The van der Waals surface area contributed by atoms with Crippen LogP contribution in [0, 0.1) is 5.82 Å². The Kier molecular flexibility index (Phi) is 5.20. The zero-order chi connectivity index (χ0) is 17.8. The number of aromatic nitrogens is 1. The van der Waals surface area contributed by atoms with E-state index in [1.165, 1.54) is 30.4 Å². The number of carboxylic acid groups (broad SMARTS) is 1. The molecule has 2 N–H and O–H groups in total. The first-order valence-electron chi connectivity index (χ1n) is 7.13. The van der Waals surface area contributed by atoms with E-state index in [0.717, 1.165) is 22.7 Å². The van der Waals surface area contributed by atoms with E-state index in [-0.39, 0.29) is 5.75 Å². The fourth-order valence-electron chi connectivity index (χ4n) is 2.09. The number of carbonyl (C=O) groups is 1. The van der Waals surface area contributed by atoms with Crippen LogP contribution in [-0.2, 0) is 0 Å². The van der Waals surface area contributed by atoms with Crippen LogP contribution in [0.15, 0.2) is 52.9 Å². The number of anilines is 1. The molecule has 0 fully saturated rings. The maximum atomic E-state index is 13.9. The zero-order valence-electron chi connectivity index (χ0n) is 13.0. The molecule has 1 aromatic heterocycles. The van der Waals surface area contributed by atoms with Crippen molar-refractivity contribution in [3.8, 4) is 16.3 Å². The SMILES string of the molecule is COc1cc(C(=O)O)c(F)cc1NSc1csc(-c2ccccc2)n1. The number of nitrogens with zero attached hydrogens (tertiary/aromatic N) is 1. The van der Waals surface area contributed by atoms with E-state index >= 15 is 0 Å². The molecule has 0 atom stereocenters. The fraction of sp³-hybridized carbons (Fsp3) is 0.0588. The number of nitrogens with one attached hydrogen (secondary N) is 1. The number of hydrogen-bond donors (Lipinski definition) is 2. The molecule has 0 unspecified atom stereocenters. The first-order chi connectivity index (χ1) is 12.1. The summed E-state index contributed by atoms with van der Waals surface area (Å²) in [6, 6.07) is 12.0. The normalized spacial score (nSPS) is 10.5. The van der Waals surface area contributed by atoms with Crippen LogP contribution in [-0.4, -0.2) is 23.2 Å². The van der Waals surface area contributed by atoms with Crippen molar-refractivity contribution in [1.82, 2.24) is 4.98 Å². The Balaban J connectivity index is 1.77. The van der Waals surface area contributed by atoms with E-state index in [0.29, 0.717) is 10.7 Å². The molecule has 0 saturated carbocycles. The molecule has 0 radical (unpaired) electrons. The van der Waals surface area contributed by atoms with Crippen molar-refractivity contribution < 1.29 is 19.0 Å². The second kappa shape index (κ2) is 7.54. The van der Waals surface area contributed by atoms with E-state index in [1.54, 1.807) is 0 Å². The number of methoxy groups -OCH3 is 1. The Morgan fingerprint density at radius 2 is 2.08 bits per heavy atom. The zero-order valence-corrected chi connectivity index (χ0v) is 14.7. The molecule has 2 aromatic carbocycles. The molecule has 0 bridgehead atoms. The Hall–Kier alpha value is -2.58. The van der Waals surface area contributed by atoms with Gasteiger partial charge in [0.25, 0.3) is 0 Å². The van der Waals surface area contributed by atoms with Crippen molar-refractivity contribution in [2.24, 2.45) is 0 Å². The highest BCUT2D eigenvalue weighted by Crippen LogP contribution is 2.33. The number of halogens is 1. The second-order valence-electron chi connectivity index (χ2n) is 4.90. The molecule has 8 heteroatoms. The molecule has 0 amide bonds. The Morgan fingerprint density at radius 3 is 2.76 bits per heavy atom. The molecule has 0 aliphatic carbocycles. The number of aromatic carboxylic acids is 1. The predicted octanol–water partition coefficient (Wildman–Crippen LogP) is 4.78. The number of hydrogen-bond acceptors (Lipinski definition) is 6. The smallest absolute Gasteiger partial charge is 0.338 e. The van der Waals surface area contributed by atoms with Crippen molar-refractivity contribution in [3.05, 3.63) is 59.2 Å². The summed E-state index contributed by atoms with van der Waals surface area (Å²) >= 11 is 2.70. The van der Waals surface area contributed by atoms with Gasteiger partial charge in [0.05, 0.1) is 18.4 Å². The molecule has 5 nitrogen and oxygen atoms in total. The summed E-state index contributed by atoms with van der Waals surface area (Å²) in [6.07, 6.45) is 0. The average molecular weight is 376 g/mol. The lowest BCUT2D eigenvalue weighted by Gasteiger charge is -2.11. The van der Waals surface area contributed by atoms with Crippen LogP contribution in [0.25, 0.3) is 10.6 Å². The molecular weight excluding hydrogens is 363 g/mol. The van der Waals surface area contributed by atoms with Crippen molar-refractivity contribution >= 4 is 34.9 Å². The van der Waals surface area contributed by atoms with Gasteiger partial charge in [-0.15, -0.1) is 11.3 Å². The topological polar surface area (TPSA) is 71.5 Å². The quantitative estimate of drug-likeness (QED) is 0.604. The minimum atomic E-state index is -1.35.